The number of halogens is 1. The van der Waals surface area contributed by atoms with Gasteiger partial charge in [-0.05, 0) is 58.7 Å². The zero-order valence-corrected chi connectivity index (χ0v) is 14.2. The number of aromatic nitrogens is 2. The van der Waals surface area contributed by atoms with Crippen molar-refractivity contribution >= 4 is 21.8 Å². The molecule has 116 valence electrons. The van der Waals surface area contributed by atoms with Gasteiger partial charge in [0, 0.05) is 23.4 Å². The third-order valence-electron chi connectivity index (χ3n) is 3.50. The topological polar surface area (TPSA) is 46.9 Å². The second-order valence-corrected chi connectivity index (χ2v) is 6.14. The maximum Gasteiger partial charge on any atom is 0.252 e. The minimum Gasteiger partial charge on any atom is -0.348 e. The third kappa shape index (κ3) is 3.68. The number of hydrogen-bond acceptors (Lipinski definition) is 2. The quantitative estimate of drug-likeness (QED) is 0.758. The molecular formula is C18H16BrN3O. The predicted molar refractivity (Wildman–Crippen MR) is 93.6 cm³/mol. The Morgan fingerprint density at radius 3 is 2.87 bits per heavy atom. The van der Waals surface area contributed by atoms with Crippen molar-refractivity contribution in [2.75, 3.05) is 0 Å². The zero-order chi connectivity index (χ0) is 16.2. The number of amides is 1. The molecule has 2 aromatic carbocycles. The van der Waals surface area contributed by atoms with E-state index in [1.165, 1.54) is 0 Å². The van der Waals surface area contributed by atoms with Gasteiger partial charge in [0.05, 0.1) is 11.3 Å². The van der Waals surface area contributed by atoms with Gasteiger partial charge in [-0.3, -0.25) is 4.79 Å². The van der Waals surface area contributed by atoms with Gasteiger partial charge in [-0.2, -0.15) is 5.10 Å². The first-order chi connectivity index (χ1) is 11.1. The van der Waals surface area contributed by atoms with Gasteiger partial charge in [0.1, 0.15) is 0 Å². The number of carbonyl (C=O) groups is 1. The third-order valence-corrected chi connectivity index (χ3v) is 4.19. The molecule has 0 aliphatic heterocycles. The monoisotopic (exact) mass is 369 g/mol. The number of aryl methyl sites for hydroxylation is 1. The van der Waals surface area contributed by atoms with Crippen LogP contribution in [0.1, 0.15) is 21.5 Å². The second kappa shape index (κ2) is 6.79. The van der Waals surface area contributed by atoms with E-state index in [0.29, 0.717) is 12.1 Å². The molecule has 0 bridgehead atoms. The fourth-order valence-corrected chi connectivity index (χ4v) is 2.75. The summed E-state index contributed by atoms with van der Waals surface area (Å²) in [6, 6.07) is 15.5. The molecule has 3 aromatic rings. The van der Waals surface area contributed by atoms with E-state index in [9.17, 15) is 4.79 Å². The Balaban J connectivity index is 1.72. The standard InChI is InChI=1S/C18H16BrN3O/c1-13-6-7-17(19)16(10-13)18(23)20-12-14-4-2-5-15(11-14)22-9-3-8-21-22/h2-11H,12H2,1H3,(H,20,23). The molecule has 1 heterocycles. The van der Waals surface area contributed by atoms with Crippen molar-refractivity contribution in [1.82, 2.24) is 15.1 Å². The highest BCUT2D eigenvalue weighted by molar-refractivity contribution is 9.10. The molecule has 1 aromatic heterocycles. The molecule has 0 atom stereocenters. The van der Waals surface area contributed by atoms with E-state index in [1.807, 2.05) is 61.7 Å². The Hall–Kier alpha value is -2.40. The highest BCUT2D eigenvalue weighted by Gasteiger charge is 2.10. The Kier molecular flexibility index (Phi) is 4.57. The van der Waals surface area contributed by atoms with Crippen LogP contribution in [0.5, 0.6) is 0 Å². The van der Waals surface area contributed by atoms with Crippen LogP contribution >= 0.6 is 15.9 Å². The summed E-state index contributed by atoms with van der Waals surface area (Å²) in [6.45, 7) is 2.44. The lowest BCUT2D eigenvalue weighted by atomic mass is 10.1. The van der Waals surface area contributed by atoms with Gasteiger partial charge in [-0.1, -0.05) is 23.8 Å². The van der Waals surface area contributed by atoms with Crippen LogP contribution in [-0.4, -0.2) is 15.7 Å². The van der Waals surface area contributed by atoms with Crippen molar-refractivity contribution in [2.45, 2.75) is 13.5 Å². The van der Waals surface area contributed by atoms with Crippen molar-refractivity contribution in [3.63, 3.8) is 0 Å². The van der Waals surface area contributed by atoms with Crippen LogP contribution in [0.4, 0.5) is 0 Å². The minimum atomic E-state index is -0.0925. The molecule has 0 unspecified atom stereocenters. The molecule has 0 saturated carbocycles. The molecule has 0 fully saturated rings. The second-order valence-electron chi connectivity index (χ2n) is 5.29. The molecule has 0 saturated heterocycles. The van der Waals surface area contributed by atoms with E-state index in [1.54, 1.807) is 10.9 Å². The number of nitrogens with zero attached hydrogens (tertiary/aromatic N) is 2. The highest BCUT2D eigenvalue weighted by Crippen LogP contribution is 2.18. The molecule has 5 heteroatoms. The molecule has 3 rings (SSSR count). The smallest absolute Gasteiger partial charge is 0.252 e. The SMILES string of the molecule is Cc1ccc(Br)c(C(=O)NCc2cccc(-n3cccn3)c2)c1. The average molecular weight is 370 g/mol. The fraction of sp³-hybridized carbons (Fsp3) is 0.111. The number of benzene rings is 2. The van der Waals surface area contributed by atoms with Crippen molar-refractivity contribution in [3.8, 4) is 5.69 Å². The average Bonchev–Trinajstić information content (AvgIpc) is 3.10. The lowest BCUT2D eigenvalue weighted by Gasteiger charge is -2.09. The molecule has 1 amide bonds. The highest BCUT2D eigenvalue weighted by atomic mass is 79.9. The van der Waals surface area contributed by atoms with Gasteiger partial charge in [0.25, 0.3) is 5.91 Å². The van der Waals surface area contributed by atoms with E-state index >= 15 is 0 Å². The summed E-state index contributed by atoms with van der Waals surface area (Å²) >= 11 is 3.42. The first-order valence-electron chi connectivity index (χ1n) is 7.27. The molecular weight excluding hydrogens is 354 g/mol. The van der Waals surface area contributed by atoms with Crippen molar-refractivity contribution < 1.29 is 4.79 Å². The van der Waals surface area contributed by atoms with E-state index in [-0.39, 0.29) is 5.91 Å². The Morgan fingerprint density at radius 1 is 1.22 bits per heavy atom. The molecule has 0 radical (unpaired) electrons. The zero-order valence-electron chi connectivity index (χ0n) is 12.7. The number of carbonyl (C=O) groups excluding carboxylic acids is 1. The Bertz CT molecular complexity index is 828. The lowest BCUT2D eigenvalue weighted by Crippen LogP contribution is -2.23. The summed E-state index contributed by atoms with van der Waals surface area (Å²) in [6.07, 6.45) is 3.63. The normalized spacial score (nSPS) is 10.5. The Morgan fingerprint density at radius 2 is 2.09 bits per heavy atom. The number of hydrogen-bond donors (Lipinski definition) is 1. The first-order valence-corrected chi connectivity index (χ1v) is 8.06. The summed E-state index contributed by atoms with van der Waals surface area (Å²) in [5, 5.41) is 7.17. The van der Waals surface area contributed by atoms with Crippen LogP contribution in [0.25, 0.3) is 5.69 Å². The van der Waals surface area contributed by atoms with Gasteiger partial charge in [0.2, 0.25) is 0 Å². The summed E-state index contributed by atoms with van der Waals surface area (Å²) in [5.74, 6) is -0.0925. The summed E-state index contributed by atoms with van der Waals surface area (Å²) in [4.78, 5) is 12.3. The maximum atomic E-state index is 12.3. The molecule has 1 N–H and O–H groups in total. The molecule has 0 spiro atoms. The van der Waals surface area contributed by atoms with Crippen LogP contribution in [0, 0.1) is 6.92 Å². The van der Waals surface area contributed by atoms with Gasteiger partial charge in [0.15, 0.2) is 0 Å². The number of rotatable bonds is 4. The summed E-state index contributed by atoms with van der Waals surface area (Å²) in [7, 11) is 0. The number of nitrogens with one attached hydrogen (secondary N) is 1. The molecule has 23 heavy (non-hydrogen) atoms. The van der Waals surface area contributed by atoms with E-state index in [4.69, 9.17) is 0 Å². The predicted octanol–water partition coefficient (Wildman–Crippen LogP) is 3.87. The lowest BCUT2D eigenvalue weighted by molar-refractivity contribution is 0.0950. The van der Waals surface area contributed by atoms with Gasteiger partial charge in [-0.15, -0.1) is 0 Å². The van der Waals surface area contributed by atoms with Crippen molar-refractivity contribution in [1.29, 1.82) is 0 Å². The van der Waals surface area contributed by atoms with Crippen LogP contribution < -0.4 is 5.32 Å². The first kappa shape index (κ1) is 15.5. The Labute approximate surface area is 143 Å². The maximum absolute atomic E-state index is 12.3. The van der Waals surface area contributed by atoms with Gasteiger partial charge < -0.3 is 5.32 Å². The van der Waals surface area contributed by atoms with Crippen LogP contribution in [0.2, 0.25) is 0 Å². The van der Waals surface area contributed by atoms with Gasteiger partial charge in [-0.25, -0.2) is 4.68 Å². The molecule has 4 nitrogen and oxygen atoms in total. The van der Waals surface area contributed by atoms with E-state index < -0.39 is 0 Å². The van der Waals surface area contributed by atoms with Crippen LogP contribution in [-0.2, 0) is 6.54 Å². The molecule has 0 aliphatic rings. The minimum absolute atomic E-state index is 0.0925. The van der Waals surface area contributed by atoms with E-state index in [0.717, 1.165) is 21.3 Å². The summed E-state index contributed by atoms with van der Waals surface area (Å²) < 4.78 is 2.59. The van der Waals surface area contributed by atoms with Gasteiger partial charge >= 0.3 is 0 Å². The van der Waals surface area contributed by atoms with Crippen LogP contribution in [0.3, 0.4) is 0 Å². The largest absolute Gasteiger partial charge is 0.348 e. The van der Waals surface area contributed by atoms with E-state index in [2.05, 4.69) is 26.3 Å². The van der Waals surface area contributed by atoms with Crippen LogP contribution in [0.15, 0.2) is 65.4 Å². The molecule has 0 aliphatic carbocycles. The van der Waals surface area contributed by atoms with Crippen molar-refractivity contribution in [2.24, 2.45) is 0 Å². The summed E-state index contributed by atoms with van der Waals surface area (Å²) in [5.41, 5.74) is 3.70. The van der Waals surface area contributed by atoms with Crippen molar-refractivity contribution in [3.05, 3.63) is 82.1 Å². The fourth-order valence-electron chi connectivity index (χ4n) is 2.32.